The molecule has 1 saturated heterocycles. The average molecular weight is 386 g/mol. The van der Waals surface area contributed by atoms with E-state index in [-0.39, 0.29) is 6.04 Å². The summed E-state index contributed by atoms with van der Waals surface area (Å²) >= 11 is 1.75. The summed E-state index contributed by atoms with van der Waals surface area (Å²) in [7, 11) is 0. The number of hydrogen-bond donors (Lipinski definition) is 2. The fraction of sp³-hybridized carbons (Fsp3) is 0.524. The molecule has 3 rings (SSSR count). The van der Waals surface area contributed by atoms with Crippen molar-refractivity contribution in [2.45, 2.75) is 46.1 Å². The van der Waals surface area contributed by atoms with Gasteiger partial charge in [0.05, 0.1) is 11.0 Å². The van der Waals surface area contributed by atoms with Crippen molar-refractivity contribution < 1.29 is 0 Å². The van der Waals surface area contributed by atoms with Crippen molar-refractivity contribution in [2.24, 2.45) is 4.99 Å². The lowest BCUT2D eigenvalue weighted by Crippen LogP contribution is -2.39. The van der Waals surface area contributed by atoms with Crippen molar-refractivity contribution in [3.05, 3.63) is 45.9 Å². The minimum absolute atomic E-state index is 0.201. The van der Waals surface area contributed by atoms with Gasteiger partial charge in [-0.25, -0.2) is 4.98 Å². The smallest absolute Gasteiger partial charge is 0.191 e. The van der Waals surface area contributed by atoms with Gasteiger partial charge in [0.25, 0.3) is 0 Å². The Bertz CT molecular complexity index is 749. The molecule has 27 heavy (non-hydrogen) atoms. The number of anilines is 1. The number of hydrogen-bond acceptors (Lipinski definition) is 4. The zero-order valence-corrected chi connectivity index (χ0v) is 17.5. The van der Waals surface area contributed by atoms with Gasteiger partial charge in [-0.3, -0.25) is 4.99 Å². The molecule has 0 radical (unpaired) electrons. The van der Waals surface area contributed by atoms with Crippen molar-refractivity contribution in [3.8, 4) is 0 Å². The molecule has 5 nitrogen and oxygen atoms in total. The summed E-state index contributed by atoms with van der Waals surface area (Å²) in [6, 6.07) is 9.09. The van der Waals surface area contributed by atoms with Crippen LogP contribution in [0.3, 0.4) is 0 Å². The van der Waals surface area contributed by atoms with Crippen LogP contribution in [0.4, 0.5) is 5.69 Å². The van der Waals surface area contributed by atoms with Gasteiger partial charge in [0.15, 0.2) is 5.96 Å². The zero-order valence-electron chi connectivity index (χ0n) is 16.7. The van der Waals surface area contributed by atoms with Crippen molar-refractivity contribution >= 4 is 23.0 Å². The monoisotopic (exact) mass is 385 g/mol. The molecule has 2 aromatic rings. The lowest BCUT2D eigenvalue weighted by Gasteiger charge is -2.22. The highest BCUT2D eigenvalue weighted by atomic mass is 32.1. The number of aliphatic imine (C=N–C) groups is 1. The number of thiazole rings is 1. The van der Waals surface area contributed by atoms with Crippen LogP contribution in [0.15, 0.2) is 35.5 Å². The summed E-state index contributed by atoms with van der Waals surface area (Å²) in [4.78, 5) is 12.9. The maximum atomic E-state index is 4.73. The van der Waals surface area contributed by atoms with Gasteiger partial charge in [-0.2, -0.15) is 0 Å². The van der Waals surface area contributed by atoms with Gasteiger partial charge in [-0.1, -0.05) is 12.1 Å². The second kappa shape index (κ2) is 9.74. The molecule has 0 saturated carbocycles. The standard InChI is InChI=1S/C21H31N5S/c1-4-22-21(23-11-10-20-24-15-16(2)27-20)25-17(3)18-8-7-9-19(14-18)26-12-5-6-13-26/h7-9,14-15,17H,4-6,10-13H2,1-3H3,(H2,22,23,25). The van der Waals surface area contributed by atoms with Crippen molar-refractivity contribution in [1.29, 1.82) is 0 Å². The van der Waals surface area contributed by atoms with E-state index in [1.165, 1.54) is 42.1 Å². The Balaban J connectivity index is 1.61. The van der Waals surface area contributed by atoms with Crippen LogP contribution in [-0.2, 0) is 6.42 Å². The molecule has 1 unspecified atom stereocenters. The van der Waals surface area contributed by atoms with Gasteiger partial charge in [-0.15, -0.1) is 11.3 Å². The van der Waals surface area contributed by atoms with E-state index in [2.05, 4.69) is 65.6 Å². The quantitative estimate of drug-likeness (QED) is 0.560. The predicted molar refractivity (Wildman–Crippen MR) is 116 cm³/mol. The van der Waals surface area contributed by atoms with E-state index >= 15 is 0 Å². The van der Waals surface area contributed by atoms with Crippen molar-refractivity contribution in [3.63, 3.8) is 0 Å². The topological polar surface area (TPSA) is 52.6 Å². The third-order valence-corrected chi connectivity index (χ3v) is 5.78. The summed E-state index contributed by atoms with van der Waals surface area (Å²) < 4.78 is 0. The minimum Gasteiger partial charge on any atom is -0.372 e. The number of nitrogens with zero attached hydrogens (tertiary/aromatic N) is 3. The van der Waals surface area contributed by atoms with Crippen LogP contribution in [0.25, 0.3) is 0 Å². The number of nitrogens with one attached hydrogen (secondary N) is 2. The van der Waals surface area contributed by atoms with Crippen LogP contribution >= 0.6 is 11.3 Å². The Kier molecular flexibility index (Phi) is 7.10. The zero-order chi connectivity index (χ0) is 19.1. The van der Waals surface area contributed by atoms with E-state index in [0.717, 1.165) is 30.5 Å². The second-order valence-electron chi connectivity index (χ2n) is 7.03. The maximum Gasteiger partial charge on any atom is 0.191 e. The van der Waals surface area contributed by atoms with E-state index in [1.54, 1.807) is 11.3 Å². The van der Waals surface area contributed by atoms with Gasteiger partial charge >= 0.3 is 0 Å². The molecule has 1 aromatic heterocycles. The van der Waals surface area contributed by atoms with Crippen LogP contribution in [-0.4, -0.2) is 37.1 Å². The number of guanidine groups is 1. The first kappa shape index (κ1) is 19.7. The Labute approximate surface area is 166 Å². The molecule has 6 heteroatoms. The Hall–Kier alpha value is -2.08. The van der Waals surface area contributed by atoms with Crippen LogP contribution in [0.1, 0.15) is 48.2 Å². The molecule has 2 heterocycles. The lowest BCUT2D eigenvalue weighted by atomic mass is 10.1. The lowest BCUT2D eigenvalue weighted by molar-refractivity contribution is 0.685. The maximum absolute atomic E-state index is 4.73. The van der Waals surface area contributed by atoms with Crippen molar-refractivity contribution in [2.75, 3.05) is 31.1 Å². The molecule has 0 bridgehead atoms. The van der Waals surface area contributed by atoms with E-state index < -0.39 is 0 Å². The average Bonchev–Trinajstić information content (AvgIpc) is 3.34. The predicted octanol–water partition coefficient (Wildman–Crippen LogP) is 3.91. The molecule has 0 amide bonds. The fourth-order valence-electron chi connectivity index (χ4n) is 3.35. The minimum atomic E-state index is 0.201. The van der Waals surface area contributed by atoms with Crippen LogP contribution in [0, 0.1) is 6.92 Å². The fourth-order valence-corrected chi connectivity index (χ4v) is 4.13. The Morgan fingerprint density at radius 1 is 1.33 bits per heavy atom. The number of aryl methyl sites for hydroxylation is 1. The Morgan fingerprint density at radius 3 is 2.85 bits per heavy atom. The highest BCUT2D eigenvalue weighted by Crippen LogP contribution is 2.24. The summed E-state index contributed by atoms with van der Waals surface area (Å²) in [6.07, 6.45) is 5.41. The highest BCUT2D eigenvalue weighted by Gasteiger charge is 2.14. The Morgan fingerprint density at radius 2 is 2.15 bits per heavy atom. The highest BCUT2D eigenvalue weighted by molar-refractivity contribution is 7.11. The van der Waals surface area contributed by atoms with E-state index in [1.807, 2.05) is 6.20 Å². The van der Waals surface area contributed by atoms with Crippen LogP contribution in [0.2, 0.25) is 0 Å². The van der Waals surface area contributed by atoms with Gasteiger partial charge in [0.2, 0.25) is 0 Å². The van der Waals surface area contributed by atoms with Gasteiger partial charge in [0, 0.05) is 49.4 Å². The summed E-state index contributed by atoms with van der Waals surface area (Å²) in [5.41, 5.74) is 2.63. The molecular formula is C21H31N5S. The first-order valence-corrected chi connectivity index (χ1v) is 10.8. The molecule has 2 N–H and O–H groups in total. The molecule has 0 aliphatic carbocycles. The molecule has 146 valence electrons. The molecular weight excluding hydrogens is 354 g/mol. The summed E-state index contributed by atoms with van der Waals surface area (Å²) in [5, 5.41) is 8.05. The molecule has 1 atom stereocenters. The third-order valence-electron chi connectivity index (χ3n) is 4.80. The molecule has 1 fully saturated rings. The molecule has 1 aliphatic heterocycles. The second-order valence-corrected chi connectivity index (χ2v) is 8.35. The van der Waals surface area contributed by atoms with E-state index in [4.69, 9.17) is 4.99 Å². The van der Waals surface area contributed by atoms with Gasteiger partial charge in [-0.05, 0) is 51.3 Å². The first-order chi connectivity index (χ1) is 13.2. The third kappa shape index (κ3) is 5.70. The number of rotatable bonds is 7. The van der Waals surface area contributed by atoms with Crippen molar-refractivity contribution in [1.82, 2.24) is 15.6 Å². The van der Waals surface area contributed by atoms with E-state index in [0.29, 0.717) is 0 Å². The summed E-state index contributed by atoms with van der Waals surface area (Å²) in [5.74, 6) is 0.866. The largest absolute Gasteiger partial charge is 0.372 e. The van der Waals surface area contributed by atoms with Gasteiger partial charge in [0.1, 0.15) is 0 Å². The molecule has 1 aromatic carbocycles. The van der Waals surface area contributed by atoms with E-state index in [9.17, 15) is 0 Å². The first-order valence-electron chi connectivity index (χ1n) is 9.96. The van der Waals surface area contributed by atoms with Gasteiger partial charge < -0.3 is 15.5 Å². The van der Waals surface area contributed by atoms with Crippen LogP contribution in [0.5, 0.6) is 0 Å². The number of benzene rings is 1. The molecule has 1 aliphatic rings. The normalized spacial score (nSPS) is 15.8. The van der Waals surface area contributed by atoms with Crippen LogP contribution < -0.4 is 15.5 Å². The number of aromatic nitrogens is 1. The summed E-state index contributed by atoms with van der Waals surface area (Å²) in [6.45, 7) is 10.3. The SMILES string of the molecule is CCNC(=NCCc1ncc(C)s1)NC(C)c1cccc(N2CCCC2)c1. The molecule has 0 spiro atoms.